The fraction of sp³-hybridized carbons (Fsp3) is 0.227. The van der Waals surface area contributed by atoms with Crippen LogP contribution in [-0.2, 0) is 14.3 Å². The molecule has 2 aromatic rings. The molecule has 2 fully saturated rings. The minimum absolute atomic E-state index is 0.0734. The Labute approximate surface area is 168 Å². The van der Waals surface area contributed by atoms with Gasteiger partial charge in [0, 0.05) is 18.8 Å². The van der Waals surface area contributed by atoms with E-state index in [0.29, 0.717) is 18.9 Å². The first-order valence-electron chi connectivity index (χ1n) is 9.44. The molecule has 0 bridgehead atoms. The molecule has 0 atom stereocenters. The van der Waals surface area contributed by atoms with Gasteiger partial charge in [-0.3, -0.25) is 14.9 Å². The number of hydrogen-bond acceptors (Lipinski definition) is 5. The molecule has 4 amide bonds. The zero-order valence-electron chi connectivity index (χ0n) is 16.1. The van der Waals surface area contributed by atoms with Crippen LogP contribution in [0.4, 0.5) is 16.2 Å². The molecular weight excluding hydrogens is 370 g/mol. The van der Waals surface area contributed by atoms with Crippen LogP contribution in [-0.4, -0.2) is 44.1 Å². The molecule has 7 nitrogen and oxygen atoms in total. The van der Waals surface area contributed by atoms with Gasteiger partial charge in [0.05, 0.1) is 18.9 Å². The van der Waals surface area contributed by atoms with Gasteiger partial charge >= 0.3 is 6.03 Å². The largest absolute Gasteiger partial charge is 0.378 e. The number of amides is 4. The van der Waals surface area contributed by atoms with Crippen LogP contribution in [0.25, 0.3) is 6.08 Å². The zero-order chi connectivity index (χ0) is 20.4. The number of benzene rings is 2. The number of aryl methyl sites for hydroxylation is 1. The smallest absolute Gasteiger partial charge is 0.335 e. The number of hydrogen-bond donors (Lipinski definition) is 1. The van der Waals surface area contributed by atoms with Gasteiger partial charge in [0.15, 0.2) is 0 Å². The number of para-hydroxylation sites is 1. The molecule has 0 spiro atoms. The quantitative estimate of drug-likeness (QED) is 0.642. The Morgan fingerprint density at radius 2 is 1.69 bits per heavy atom. The molecule has 148 valence electrons. The average Bonchev–Trinajstić information content (AvgIpc) is 2.73. The molecule has 0 aromatic heterocycles. The zero-order valence-corrected chi connectivity index (χ0v) is 16.1. The predicted octanol–water partition coefficient (Wildman–Crippen LogP) is 2.50. The Balaban J connectivity index is 1.65. The van der Waals surface area contributed by atoms with Gasteiger partial charge in [0.2, 0.25) is 0 Å². The fourth-order valence-corrected chi connectivity index (χ4v) is 3.46. The summed E-state index contributed by atoms with van der Waals surface area (Å²) in [4.78, 5) is 40.7. The summed E-state index contributed by atoms with van der Waals surface area (Å²) >= 11 is 0. The Kier molecular flexibility index (Phi) is 5.14. The van der Waals surface area contributed by atoms with E-state index in [1.54, 1.807) is 36.4 Å². The maximum atomic E-state index is 12.9. The van der Waals surface area contributed by atoms with E-state index in [-0.39, 0.29) is 5.57 Å². The summed E-state index contributed by atoms with van der Waals surface area (Å²) in [7, 11) is 0. The van der Waals surface area contributed by atoms with Gasteiger partial charge in [-0.2, -0.15) is 0 Å². The molecule has 2 saturated heterocycles. The Bertz CT molecular complexity index is 994. The van der Waals surface area contributed by atoms with Gasteiger partial charge in [-0.1, -0.05) is 24.3 Å². The van der Waals surface area contributed by atoms with Crippen LogP contribution in [0.5, 0.6) is 0 Å². The van der Waals surface area contributed by atoms with Crippen LogP contribution >= 0.6 is 0 Å². The number of rotatable bonds is 3. The van der Waals surface area contributed by atoms with Crippen LogP contribution < -0.4 is 15.1 Å². The summed E-state index contributed by atoms with van der Waals surface area (Å²) in [6.07, 6.45) is 1.54. The highest BCUT2D eigenvalue weighted by Gasteiger charge is 2.36. The van der Waals surface area contributed by atoms with E-state index in [1.807, 2.05) is 25.1 Å². The van der Waals surface area contributed by atoms with Crippen molar-refractivity contribution in [2.45, 2.75) is 6.92 Å². The maximum absolute atomic E-state index is 12.9. The fourth-order valence-electron chi connectivity index (χ4n) is 3.46. The lowest BCUT2D eigenvalue weighted by molar-refractivity contribution is -0.122. The van der Waals surface area contributed by atoms with Crippen molar-refractivity contribution in [3.63, 3.8) is 0 Å². The molecule has 0 aliphatic carbocycles. The normalized spacial score (nSPS) is 18.9. The van der Waals surface area contributed by atoms with E-state index in [2.05, 4.69) is 10.2 Å². The molecular formula is C22H21N3O4. The molecule has 2 aliphatic rings. The van der Waals surface area contributed by atoms with Crippen molar-refractivity contribution in [2.24, 2.45) is 0 Å². The van der Waals surface area contributed by atoms with Gasteiger partial charge in [-0.05, 0) is 48.4 Å². The van der Waals surface area contributed by atoms with E-state index < -0.39 is 17.8 Å². The second-order valence-corrected chi connectivity index (χ2v) is 6.93. The number of ether oxygens (including phenoxy) is 1. The average molecular weight is 391 g/mol. The summed E-state index contributed by atoms with van der Waals surface area (Å²) in [6.45, 7) is 4.98. The number of carbonyl (C=O) groups is 3. The first-order chi connectivity index (χ1) is 14.0. The maximum Gasteiger partial charge on any atom is 0.335 e. The third kappa shape index (κ3) is 3.77. The van der Waals surface area contributed by atoms with Gasteiger partial charge < -0.3 is 9.64 Å². The number of nitrogens with zero attached hydrogens (tertiary/aromatic N) is 2. The summed E-state index contributed by atoms with van der Waals surface area (Å²) in [5.41, 5.74) is 3.10. The number of anilines is 2. The van der Waals surface area contributed by atoms with E-state index >= 15 is 0 Å². The first kappa shape index (κ1) is 18.9. The van der Waals surface area contributed by atoms with Crippen LogP contribution in [0.3, 0.4) is 0 Å². The molecule has 4 rings (SSSR count). The Morgan fingerprint density at radius 1 is 0.966 bits per heavy atom. The monoisotopic (exact) mass is 391 g/mol. The van der Waals surface area contributed by atoms with Crippen LogP contribution in [0.1, 0.15) is 11.1 Å². The van der Waals surface area contributed by atoms with Gasteiger partial charge in [0.25, 0.3) is 11.8 Å². The van der Waals surface area contributed by atoms with Crippen LogP contribution in [0, 0.1) is 6.92 Å². The molecule has 2 heterocycles. The predicted molar refractivity (Wildman–Crippen MR) is 110 cm³/mol. The molecule has 0 radical (unpaired) electrons. The highest BCUT2D eigenvalue weighted by Crippen LogP contribution is 2.25. The van der Waals surface area contributed by atoms with Crippen molar-refractivity contribution in [3.05, 3.63) is 65.2 Å². The number of barbiturate groups is 1. The number of imide groups is 2. The van der Waals surface area contributed by atoms with Crippen LogP contribution in [0.15, 0.2) is 54.1 Å². The molecule has 29 heavy (non-hydrogen) atoms. The molecule has 1 N–H and O–H groups in total. The highest BCUT2D eigenvalue weighted by atomic mass is 16.5. The number of urea groups is 1. The molecule has 2 aromatic carbocycles. The molecule has 7 heteroatoms. The SMILES string of the molecule is Cc1cc(N2CCOCC2)ccc1/C=C1/C(=O)NC(=O)N(c2ccccc2)C1=O. The number of carbonyl (C=O) groups excluding carboxylic acids is 3. The number of morpholine rings is 1. The lowest BCUT2D eigenvalue weighted by Crippen LogP contribution is -2.54. The van der Waals surface area contributed by atoms with Crippen molar-refractivity contribution < 1.29 is 19.1 Å². The Hall–Kier alpha value is -3.45. The summed E-state index contributed by atoms with van der Waals surface area (Å²) < 4.78 is 5.39. The second kappa shape index (κ2) is 7.89. The second-order valence-electron chi connectivity index (χ2n) is 6.93. The van der Waals surface area contributed by atoms with Crippen molar-refractivity contribution in [2.75, 3.05) is 36.1 Å². The third-order valence-electron chi connectivity index (χ3n) is 5.05. The van der Waals surface area contributed by atoms with Crippen LogP contribution in [0.2, 0.25) is 0 Å². The third-order valence-corrected chi connectivity index (χ3v) is 5.05. The van der Waals surface area contributed by atoms with Gasteiger partial charge in [-0.25, -0.2) is 9.69 Å². The van der Waals surface area contributed by atoms with E-state index in [4.69, 9.17) is 4.74 Å². The van der Waals surface area contributed by atoms with Crippen molar-refractivity contribution in [3.8, 4) is 0 Å². The molecule has 0 saturated carbocycles. The van der Waals surface area contributed by atoms with E-state index in [1.165, 1.54) is 0 Å². The lowest BCUT2D eigenvalue weighted by Gasteiger charge is -2.29. The summed E-state index contributed by atoms with van der Waals surface area (Å²) in [5, 5.41) is 2.25. The minimum Gasteiger partial charge on any atom is -0.378 e. The first-order valence-corrected chi connectivity index (χ1v) is 9.44. The van der Waals surface area contributed by atoms with Gasteiger partial charge in [0.1, 0.15) is 5.57 Å². The van der Waals surface area contributed by atoms with E-state index in [0.717, 1.165) is 34.8 Å². The van der Waals surface area contributed by atoms with Crippen molar-refractivity contribution in [1.29, 1.82) is 0 Å². The van der Waals surface area contributed by atoms with E-state index in [9.17, 15) is 14.4 Å². The highest BCUT2D eigenvalue weighted by molar-refractivity contribution is 6.39. The standard InChI is InChI=1S/C22H21N3O4/c1-15-13-18(24-9-11-29-12-10-24)8-7-16(15)14-19-20(26)23-22(28)25(21(19)27)17-5-3-2-4-6-17/h2-8,13-14H,9-12H2,1H3,(H,23,26,28)/b19-14-. The number of nitrogens with one attached hydrogen (secondary N) is 1. The van der Waals surface area contributed by atoms with Crippen molar-refractivity contribution in [1.82, 2.24) is 5.32 Å². The lowest BCUT2D eigenvalue weighted by atomic mass is 10.0. The molecule has 0 unspecified atom stereocenters. The Morgan fingerprint density at radius 3 is 2.38 bits per heavy atom. The molecule has 2 aliphatic heterocycles. The topological polar surface area (TPSA) is 79.0 Å². The van der Waals surface area contributed by atoms with Crippen molar-refractivity contribution >= 4 is 35.3 Å². The minimum atomic E-state index is -0.747. The van der Waals surface area contributed by atoms with Gasteiger partial charge in [-0.15, -0.1) is 0 Å². The summed E-state index contributed by atoms with van der Waals surface area (Å²) in [6, 6.07) is 13.7. The summed E-state index contributed by atoms with van der Waals surface area (Å²) in [5.74, 6) is -1.33.